The molecule has 1 fully saturated rings. The Hall–Kier alpha value is -0.810. The molecule has 1 aliphatic heterocycles. The standard InChI is InChI=1S/C17H25NO2S2/c19-17(10-5-4-9-16-11-14-21-22-16)18-12-6-13-20-15-7-2-1-3-8-15/h1-3,7-8,16H,4-6,9-14H2,(H,18,19). The summed E-state index contributed by atoms with van der Waals surface area (Å²) in [5, 5.41) is 3.79. The van der Waals surface area contributed by atoms with Gasteiger partial charge in [-0.3, -0.25) is 4.79 Å². The van der Waals surface area contributed by atoms with Crippen LogP contribution < -0.4 is 10.1 Å². The highest BCUT2D eigenvalue weighted by molar-refractivity contribution is 8.77. The lowest BCUT2D eigenvalue weighted by Gasteiger charge is -2.08. The third-order valence-electron chi connectivity index (χ3n) is 3.56. The Labute approximate surface area is 141 Å². The minimum atomic E-state index is 0.174. The zero-order valence-corrected chi connectivity index (χ0v) is 14.6. The number of nitrogens with one attached hydrogen (secondary N) is 1. The molecule has 2 rings (SSSR count). The second kappa shape index (κ2) is 10.8. The van der Waals surface area contributed by atoms with Crippen molar-refractivity contribution in [2.24, 2.45) is 0 Å². The van der Waals surface area contributed by atoms with Crippen LogP contribution in [0.25, 0.3) is 0 Å². The van der Waals surface area contributed by atoms with E-state index >= 15 is 0 Å². The second-order valence-electron chi connectivity index (χ2n) is 5.44. The van der Waals surface area contributed by atoms with Crippen molar-refractivity contribution >= 4 is 27.5 Å². The molecular weight excluding hydrogens is 314 g/mol. The summed E-state index contributed by atoms with van der Waals surface area (Å²) in [6.07, 6.45) is 6.27. The molecule has 0 aliphatic carbocycles. The van der Waals surface area contributed by atoms with E-state index in [0.29, 0.717) is 19.6 Å². The fourth-order valence-electron chi connectivity index (χ4n) is 2.32. The molecule has 1 amide bonds. The molecule has 0 radical (unpaired) electrons. The minimum Gasteiger partial charge on any atom is -0.494 e. The SMILES string of the molecule is O=C(CCCCC1CCSS1)NCCCOc1ccccc1. The van der Waals surface area contributed by atoms with Gasteiger partial charge in [0.2, 0.25) is 5.91 Å². The first-order valence-corrected chi connectivity index (χ1v) is 10.5. The van der Waals surface area contributed by atoms with E-state index < -0.39 is 0 Å². The quantitative estimate of drug-likeness (QED) is 0.510. The van der Waals surface area contributed by atoms with Gasteiger partial charge in [0.25, 0.3) is 0 Å². The molecule has 1 aromatic rings. The summed E-state index contributed by atoms with van der Waals surface area (Å²) in [6.45, 7) is 1.33. The lowest BCUT2D eigenvalue weighted by atomic mass is 10.1. The fraction of sp³-hybridized carbons (Fsp3) is 0.588. The monoisotopic (exact) mass is 339 g/mol. The van der Waals surface area contributed by atoms with Gasteiger partial charge in [-0.1, -0.05) is 46.2 Å². The maximum absolute atomic E-state index is 11.7. The summed E-state index contributed by atoms with van der Waals surface area (Å²) < 4.78 is 5.59. The Bertz CT molecular complexity index is 422. The van der Waals surface area contributed by atoms with Crippen LogP contribution in [-0.4, -0.2) is 30.1 Å². The van der Waals surface area contributed by atoms with Gasteiger partial charge in [0.15, 0.2) is 0 Å². The van der Waals surface area contributed by atoms with Crippen molar-refractivity contribution in [2.45, 2.75) is 43.8 Å². The maximum Gasteiger partial charge on any atom is 0.219 e. The van der Waals surface area contributed by atoms with Crippen molar-refractivity contribution < 1.29 is 9.53 Å². The molecule has 1 aromatic carbocycles. The predicted octanol–water partition coefficient (Wildman–Crippen LogP) is 4.29. The average Bonchev–Trinajstić information content (AvgIpc) is 3.06. The van der Waals surface area contributed by atoms with Crippen molar-refractivity contribution in [3.05, 3.63) is 30.3 Å². The van der Waals surface area contributed by atoms with Gasteiger partial charge >= 0.3 is 0 Å². The van der Waals surface area contributed by atoms with Crippen LogP contribution in [0.1, 0.15) is 38.5 Å². The van der Waals surface area contributed by atoms with Gasteiger partial charge in [-0.05, 0) is 37.8 Å². The molecule has 0 saturated carbocycles. The van der Waals surface area contributed by atoms with Crippen LogP contribution in [0.2, 0.25) is 0 Å². The Morgan fingerprint density at radius 3 is 2.86 bits per heavy atom. The number of hydrogen-bond acceptors (Lipinski definition) is 4. The Balaban J connectivity index is 1.40. The molecule has 0 aromatic heterocycles. The molecule has 1 saturated heterocycles. The van der Waals surface area contributed by atoms with E-state index in [4.69, 9.17) is 4.74 Å². The first kappa shape index (κ1) is 17.5. The van der Waals surface area contributed by atoms with Crippen molar-refractivity contribution in [1.29, 1.82) is 0 Å². The lowest BCUT2D eigenvalue weighted by molar-refractivity contribution is -0.121. The summed E-state index contributed by atoms with van der Waals surface area (Å²) in [4.78, 5) is 11.7. The first-order chi connectivity index (χ1) is 10.8. The van der Waals surface area contributed by atoms with Crippen molar-refractivity contribution in [2.75, 3.05) is 18.9 Å². The number of benzene rings is 1. The van der Waals surface area contributed by atoms with Crippen molar-refractivity contribution in [3.63, 3.8) is 0 Å². The summed E-state index contributed by atoms with van der Waals surface area (Å²) in [5.74, 6) is 2.35. The molecule has 122 valence electrons. The van der Waals surface area contributed by atoms with Crippen LogP contribution in [0.5, 0.6) is 5.75 Å². The third kappa shape index (κ3) is 7.45. The van der Waals surface area contributed by atoms with E-state index in [9.17, 15) is 4.79 Å². The Morgan fingerprint density at radius 1 is 1.23 bits per heavy atom. The molecule has 1 unspecified atom stereocenters. The normalized spacial score (nSPS) is 17.4. The predicted molar refractivity (Wildman–Crippen MR) is 96.5 cm³/mol. The number of rotatable bonds is 10. The number of carbonyl (C=O) groups is 1. The molecule has 3 nitrogen and oxygen atoms in total. The lowest BCUT2D eigenvalue weighted by Crippen LogP contribution is -2.25. The van der Waals surface area contributed by atoms with Gasteiger partial charge in [-0.25, -0.2) is 0 Å². The Kier molecular flexibility index (Phi) is 8.64. The minimum absolute atomic E-state index is 0.174. The Morgan fingerprint density at radius 2 is 2.09 bits per heavy atom. The van der Waals surface area contributed by atoms with Crippen LogP contribution >= 0.6 is 21.6 Å². The largest absolute Gasteiger partial charge is 0.494 e. The smallest absolute Gasteiger partial charge is 0.219 e. The topological polar surface area (TPSA) is 38.3 Å². The highest BCUT2D eigenvalue weighted by Crippen LogP contribution is 2.39. The van der Waals surface area contributed by atoms with Crippen LogP contribution in [-0.2, 0) is 4.79 Å². The maximum atomic E-state index is 11.7. The molecule has 5 heteroatoms. The molecule has 0 spiro atoms. The van der Waals surface area contributed by atoms with E-state index in [0.717, 1.165) is 23.8 Å². The van der Waals surface area contributed by atoms with Gasteiger partial charge in [0, 0.05) is 24.0 Å². The fourth-order valence-corrected chi connectivity index (χ4v) is 5.34. The zero-order valence-electron chi connectivity index (χ0n) is 13.0. The number of hydrogen-bond donors (Lipinski definition) is 1. The van der Waals surface area contributed by atoms with Crippen molar-refractivity contribution in [3.8, 4) is 5.75 Å². The molecule has 1 N–H and O–H groups in total. The highest BCUT2D eigenvalue weighted by Gasteiger charge is 2.15. The van der Waals surface area contributed by atoms with E-state index in [-0.39, 0.29) is 5.91 Å². The number of carbonyl (C=O) groups excluding carboxylic acids is 1. The van der Waals surface area contributed by atoms with E-state index in [1.165, 1.54) is 25.0 Å². The first-order valence-electron chi connectivity index (χ1n) is 8.07. The molecule has 22 heavy (non-hydrogen) atoms. The van der Waals surface area contributed by atoms with Gasteiger partial charge < -0.3 is 10.1 Å². The summed E-state index contributed by atoms with van der Waals surface area (Å²) >= 11 is 0. The number of amides is 1. The number of ether oxygens (including phenoxy) is 1. The summed E-state index contributed by atoms with van der Waals surface area (Å²) in [7, 11) is 4.01. The van der Waals surface area contributed by atoms with E-state index in [1.807, 2.05) is 51.9 Å². The summed E-state index contributed by atoms with van der Waals surface area (Å²) in [5.41, 5.74) is 0. The van der Waals surface area contributed by atoms with Gasteiger partial charge in [-0.15, -0.1) is 0 Å². The van der Waals surface area contributed by atoms with E-state index in [1.54, 1.807) is 0 Å². The van der Waals surface area contributed by atoms with Crippen LogP contribution in [0.3, 0.4) is 0 Å². The van der Waals surface area contributed by atoms with Crippen LogP contribution in [0.15, 0.2) is 30.3 Å². The van der Waals surface area contributed by atoms with Gasteiger partial charge in [0.1, 0.15) is 5.75 Å². The summed E-state index contributed by atoms with van der Waals surface area (Å²) in [6, 6.07) is 9.77. The van der Waals surface area contributed by atoms with Crippen LogP contribution in [0.4, 0.5) is 0 Å². The number of unbranched alkanes of at least 4 members (excludes halogenated alkanes) is 1. The van der Waals surface area contributed by atoms with Gasteiger partial charge in [-0.2, -0.15) is 0 Å². The van der Waals surface area contributed by atoms with Crippen LogP contribution in [0, 0.1) is 0 Å². The van der Waals surface area contributed by atoms with Gasteiger partial charge in [0.05, 0.1) is 6.61 Å². The zero-order chi connectivity index (χ0) is 15.5. The molecule has 1 aliphatic rings. The van der Waals surface area contributed by atoms with Crippen molar-refractivity contribution in [1.82, 2.24) is 5.32 Å². The second-order valence-corrected chi connectivity index (χ2v) is 8.23. The molecule has 0 bridgehead atoms. The highest BCUT2D eigenvalue weighted by atomic mass is 33.1. The molecule has 1 atom stereocenters. The third-order valence-corrected chi connectivity index (χ3v) is 6.57. The van der Waals surface area contributed by atoms with E-state index in [2.05, 4.69) is 5.32 Å². The number of para-hydroxylation sites is 1. The molecular formula is C17H25NO2S2. The average molecular weight is 340 g/mol. The molecule has 1 heterocycles.